The Hall–Kier alpha value is -2.87. The van der Waals surface area contributed by atoms with Crippen LogP contribution in [0, 0.1) is 5.92 Å². The van der Waals surface area contributed by atoms with E-state index >= 15 is 0 Å². The molecule has 2 aromatic rings. The van der Waals surface area contributed by atoms with Gasteiger partial charge in [-0.15, -0.1) is 0 Å². The lowest BCUT2D eigenvalue weighted by atomic mass is 10.0. The lowest BCUT2D eigenvalue weighted by molar-refractivity contribution is 0.122. The minimum Gasteiger partial charge on any atom is -0.447 e. The van der Waals surface area contributed by atoms with E-state index in [4.69, 9.17) is 9.47 Å². The summed E-state index contributed by atoms with van der Waals surface area (Å²) in [5.74, 6) is 1.31. The van der Waals surface area contributed by atoms with Gasteiger partial charge in [-0.05, 0) is 36.6 Å². The summed E-state index contributed by atoms with van der Waals surface area (Å²) in [6.07, 6.45) is 1.31. The number of hydrogen-bond acceptors (Lipinski definition) is 7. The van der Waals surface area contributed by atoms with Gasteiger partial charge < -0.3 is 19.7 Å². The standard InChI is InChI=1S/C22H29N5O3/c1-15(2)19-14-30-22(28)27(19)20-8-9-23-21(25-20)24-16(3)17-4-6-18(7-5-17)26-10-12-29-13-11-26/h4-9,15-16,19H,10-14H2,1-3H3,(H,23,24,25)/t16-,19+/m0/s1. The Morgan fingerprint density at radius 2 is 1.83 bits per heavy atom. The number of carbonyl (C=O) groups is 1. The van der Waals surface area contributed by atoms with Crippen LogP contribution in [0.4, 0.5) is 22.2 Å². The van der Waals surface area contributed by atoms with Gasteiger partial charge in [-0.3, -0.25) is 4.90 Å². The van der Waals surface area contributed by atoms with Crippen LogP contribution in [-0.2, 0) is 9.47 Å². The number of cyclic esters (lactones) is 1. The molecule has 3 heterocycles. The summed E-state index contributed by atoms with van der Waals surface area (Å²) in [7, 11) is 0. The van der Waals surface area contributed by atoms with E-state index in [0.717, 1.165) is 31.9 Å². The topological polar surface area (TPSA) is 79.8 Å². The molecule has 1 aromatic carbocycles. The Kier molecular flexibility index (Phi) is 6.03. The zero-order valence-electron chi connectivity index (χ0n) is 17.7. The van der Waals surface area contributed by atoms with Gasteiger partial charge in [0, 0.05) is 25.0 Å². The molecule has 4 rings (SSSR count). The van der Waals surface area contributed by atoms with Crippen molar-refractivity contribution in [2.45, 2.75) is 32.9 Å². The van der Waals surface area contributed by atoms with Gasteiger partial charge in [0.05, 0.1) is 25.3 Å². The number of ether oxygens (including phenoxy) is 2. The molecule has 2 fully saturated rings. The molecule has 0 spiro atoms. The second-order valence-corrected chi connectivity index (χ2v) is 8.05. The van der Waals surface area contributed by atoms with Crippen molar-refractivity contribution in [1.29, 1.82) is 0 Å². The van der Waals surface area contributed by atoms with Gasteiger partial charge in [-0.1, -0.05) is 26.0 Å². The number of benzene rings is 1. The summed E-state index contributed by atoms with van der Waals surface area (Å²) in [5.41, 5.74) is 2.35. The highest BCUT2D eigenvalue weighted by Crippen LogP contribution is 2.27. The lowest BCUT2D eigenvalue weighted by Gasteiger charge is -2.29. The van der Waals surface area contributed by atoms with Gasteiger partial charge in [-0.2, -0.15) is 4.98 Å². The fraction of sp³-hybridized carbons (Fsp3) is 0.500. The number of anilines is 3. The molecule has 8 heteroatoms. The Morgan fingerprint density at radius 3 is 2.53 bits per heavy atom. The average molecular weight is 412 g/mol. The third kappa shape index (κ3) is 4.33. The van der Waals surface area contributed by atoms with Crippen molar-refractivity contribution in [3.05, 3.63) is 42.1 Å². The number of carbonyl (C=O) groups excluding carboxylic acids is 1. The van der Waals surface area contributed by atoms with Crippen molar-refractivity contribution < 1.29 is 14.3 Å². The SMILES string of the molecule is CC(C)[C@H]1COC(=O)N1c1ccnc(N[C@@H](C)c2ccc(N3CCOCC3)cc2)n1. The van der Waals surface area contributed by atoms with Crippen molar-refractivity contribution in [3.63, 3.8) is 0 Å². The second kappa shape index (κ2) is 8.87. The van der Waals surface area contributed by atoms with E-state index in [-0.39, 0.29) is 24.1 Å². The summed E-state index contributed by atoms with van der Waals surface area (Å²) in [5, 5.41) is 3.35. The maximum Gasteiger partial charge on any atom is 0.415 e. The molecule has 1 amide bonds. The smallest absolute Gasteiger partial charge is 0.415 e. The first kappa shape index (κ1) is 20.4. The first-order chi connectivity index (χ1) is 14.5. The molecular formula is C22H29N5O3. The van der Waals surface area contributed by atoms with Crippen LogP contribution in [0.2, 0.25) is 0 Å². The third-order valence-electron chi connectivity index (χ3n) is 5.68. The zero-order valence-corrected chi connectivity index (χ0v) is 17.7. The van der Waals surface area contributed by atoms with E-state index in [9.17, 15) is 4.79 Å². The van der Waals surface area contributed by atoms with Crippen LogP contribution >= 0.6 is 0 Å². The van der Waals surface area contributed by atoms with Gasteiger partial charge in [0.2, 0.25) is 5.95 Å². The summed E-state index contributed by atoms with van der Waals surface area (Å²) in [6.45, 7) is 9.99. The van der Waals surface area contributed by atoms with Crippen LogP contribution in [0.25, 0.3) is 0 Å². The van der Waals surface area contributed by atoms with Gasteiger partial charge in [0.15, 0.2) is 0 Å². The van der Waals surface area contributed by atoms with Gasteiger partial charge >= 0.3 is 6.09 Å². The van der Waals surface area contributed by atoms with E-state index in [1.165, 1.54) is 5.69 Å². The molecule has 2 aliphatic heterocycles. The van der Waals surface area contributed by atoms with E-state index in [2.05, 4.69) is 65.2 Å². The molecule has 0 bridgehead atoms. The summed E-state index contributed by atoms with van der Waals surface area (Å²) in [4.78, 5) is 25.1. The predicted molar refractivity (Wildman–Crippen MR) is 116 cm³/mol. The Bertz CT molecular complexity index is 867. The minimum atomic E-state index is -0.356. The van der Waals surface area contributed by atoms with E-state index in [0.29, 0.717) is 18.4 Å². The van der Waals surface area contributed by atoms with E-state index in [1.54, 1.807) is 17.2 Å². The molecule has 160 valence electrons. The third-order valence-corrected chi connectivity index (χ3v) is 5.68. The minimum absolute atomic E-state index is 0.0189. The van der Waals surface area contributed by atoms with E-state index < -0.39 is 0 Å². The molecule has 1 aromatic heterocycles. The van der Waals surface area contributed by atoms with Gasteiger partial charge in [0.25, 0.3) is 0 Å². The lowest BCUT2D eigenvalue weighted by Crippen LogP contribution is -2.37. The fourth-order valence-electron chi connectivity index (χ4n) is 3.82. The Balaban J connectivity index is 1.45. The molecule has 0 radical (unpaired) electrons. The van der Waals surface area contributed by atoms with Crippen LogP contribution in [0.15, 0.2) is 36.5 Å². The monoisotopic (exact) mass is 411 g/mol. The maximum atomic E-state index is 12.2. The molecule has 0 saturated carbocycles. The maximum absolute atomic E-state index is 12.2. The normalized spacial score (nSPS) is 20.4. The molecule has 2 aliphatic rings. The number of nitrogens with zero attached hydrogens (tertiary/aromatic N) is 4. The van der Waals surface area contributed by atoms with Crippen molar-refractivity contribution in [2.24, 2.45) is 5.92 Å². The summed E-state index contributed by atoms with van der Waals surface area (Å²) in [6, 6.07) is 10.3. The highest BCUT2D eigenvalue weighted by Gasteiger charge is 2.37. The molecule has 30 heavy (non-hydrogen) atoms. The molecule has 0 aliphatic carbocycles. The fourth-order valence-corrected chi connectivity index (χ4v) is 3.82. The van der Waals surface area contributed by atoms with Crippen LogP contribution < -0.4 is 15.1 Å². The number of hydrogen-bond donors (Lipinski definition) is 1. The first-order valence-corrected chi connectivity index (χ1v) is 10.5. The quantitative estimate of drug-likeness (QED) is 0.780. The van der Waals surface area contributed by atoms with Crippen LogP contribution in [0.3, 0.4) is 0 Å². The van der Waals surface area contributed by atoms with E-state index in [1.807, 2.05) is 0 Å². The summed E-state index contributed by atoms with van der Waals surface area (Å²) >= 11 is 0. The molecular weight excluding hydrogens is 382 g/mol. The number of aromatic nitrogens is 2. The Morgan fingerprint density at radius 1 is 1.10 bits per heavy atom. The van der Waals surface area contributed by atoms with Crippen LogP contribution in [-0.4, -0.2) is 55.0 Å². The highest BCUT2D eigenvalue weighted by molar-refractivity contribution is 5.89. The molecule has 8 nitrogen and oxygen atoms in total. The van der Waals surface area contributed by atoms with Crippen molar-refractivity contribution >= 4 is 23.5 Å². The molecule has 2 atom stereocenters. The van der Waals surface area contributed by atoms with Gasteiger partial charge in [0.1, 0.15) is 12.4 Å². The largest absolute Gasteiger partial charge is 0.447 e. The number of rotatable bonds is 6. The van der Waals surface area contributed by atoms with Crippen LogP contribution in [0.1, 0.15) is 32.4 Å². The summed E-state index contributed by atoms with van der Waals surface area (Å²) < 4.78 is 10.7. The molecule has 0 unspecified atom stereocenters. The molecule has 1 N–H and O–H groups in total. The Labute approximate surface area is 177 Å². The first-order valence-electron chi connectivity index (χ1n) is 10.5. The number of morpholine rings is 1. The van der Waals surface area contributed by atoms with Crippen molar-refractivity contribution in [2.75, 3.05) is 48.0 Å². The number of amides is 1. The zero-order chi connectivity index (χ0) is 21.1. The van der Waals surface area contributed by atoms with Crippen molar-refractivity contribution in [3.8, 4) is 0 Å². The number of nitrogens with one attached hydrogen (secondary N) is 1. The highest BCUT2D eigenvalue weighted by atomic mass is 16.6. The molecule has 2 saturated heterocycles. The van der Waals surface area contributed by atoms with Gasteiger partial charge in [-0.25, -0.2) is 9.78 Å². The second-order valence-electron chi connectivity index (χ2n) is 8.05. The van der Waals surface area contributed by atoms with Crippen molar-refractivity contribution in [1.82, 2.24) is 9.97 Å². The average Bonchev–Trinajstić information content (AvgIpc) is 3.16. The predicted octanol–water partition coefficient (Wildman–Crippen LogP) is 3.47. The van der Waals surface area contributed by atoms with Crippen LogP contribution in [0.5, 0.6) is 0 Å².